The number of nitrogens with one attached hydrogen (secondary N) is 1. The van der Waals surface area contributed by atoms with Gasteiger partial charge in [-0.3, -0.25) is 4.79 Å². The maximum absolute atomic E-state index is 11.9. The Morgan fingerprint density at radius 2 is 2.28 bits per heavy atom. The minimum Gasteiger partial charge on any atom is -0.342 e. The molecule has 4 heteroatoms. The van der Waals surface area contributed by atoms with Gasteiger partial charge in [0.1, 0.15) is 0 Å². The molecule has 1 saturated carbocycles. The number of halogens is 1. The van der Waals surface area contributed by atoms with Crippen molar-refractivity contribution in [3.05, 3.63) is 34.9 Å². The molecule has 1 aliphatic carbocycles. The van der Waals surface area contributed by atoms with Gasteiger partial charge >= 0.3 is 0 Å². The molecule has 0 aromatic heterocycles. The Hall–Kier alpha value is -1.06. The second kappa shape index (κ2) is 5.72. The van der Waals surface area contributed by atoms with Crippen molar-refractivity contribution >= 4 is 17.5 Å². The van der Waals surface area contributed by atoms with Crippen LogP contribution in [0.3, 0.4) is 0 Å². The Kier molecular flexibility index (Phi) is 4.25. The molecule has 3 nitrogen and oxygen atoms in total. The molecule has 0 radical (unpaired) electrons. The van der Waals surface area contributed by atoms with E-state index in [0.29, 0.717) is 12.6 Å². The minimum absolute atomic E-state index is 0.125. The normalized spacial score (nSPS) is 16.4. The van der Waals surface area contributed by atoms with Gasteiger partial charge in [0.2, 0.25) is 5.91 Å². The first-order valence-corrected chi connectivity index (χ1v) is 6.70. The number of amides is 1. The van der Waals surface area contributed by atoms with Crippen molar-refractivity contribution < 1.29 is 4.79 Å². The van der Waals surface area contributed by atoms with E-state index in [0.717, 1.165) is 23.4 Å². The predicted molar refractivity (Wildman–Crippen MR) is 73.7 cm³/mol. The second-order valence-corrected chi connectivity index (χ2v) is 5.33. The van der Waals surface area contributed by atoms with Gasteiger partial charge in [0, 0.05) is 24.2 Å². The fourth-order valence-electron chi connectivity index (χ4n) is 1.92. The highest BCUT2D eigenvalue weighted by atomic mass is 35.5. The molecule has 18 heavy (non-hydrogen) atoms. The summed E-state index contributed by atoms with van der Waals surface area (Å²) in [7, 11) is 1.88. The second-order valence-electron chi connectivity index (χ2n) is 4.89. The van der Waals surface area contributed by atoms with E-state index in [4.69, 9.17) is 11.6 Å². The molecule has 1 aromatic rings. The molecule has 1 aliphatic rings. The van der Waals surface area contributed by atoms with Crippen molar-refractivity contribution in [1.29, 1.82) is 0 Å². The quantitative estimate of drug-likeness (QED) is 0.889. The fraction of sp³-hybridized carbons (Fsp3) is 0.500. The lowest BCUT2D eigenvalue weighted by atomic mass is 10.1. The lowest BCUT2D eigenvalue weighted by molar-refractivity contribution is -0.129. The highest BCUT2D eigenvalue weighted by Gasteiger charge is 2.29. The van der Waals surface area contributed by atoms with Crippen LogP contribution in [0.4, 0.5) is 0 Å². The number of benzene rings is 1. The van der Waals surface area contributed by atoms with Crippen molar-refractivity contribution in [3.8, 4) is 0 Å². The number of carbonyl (C=O) groups excluding carboxylic acids is 1. The molecule has 1 fully saturated rings. The van der Waals surface area contributed by atoms with Crippen LogP contribution < -0.4 is 5.32 Å². The van der Waals surface area contributed by atoms with Gasteiger partial charge in [-0.15, -0.1) is 0 Å². The van der Waals surface area contributed by atoms with E-state index in [1.54, 1.807) is 0 Å². The van der Waals surface area contributed by atoms with Crippen LogP contribution in [0.25, 0.3) is 0 Å². The van der Waals surface area contributed by atoms with Crippen LogP contribution in [0.5, 0.6) is 0 Å². The van der Waals surface area contributed by atoms with Crippen molar-refractivity contribution in [3.63, 3.8) is 0 Å². The standard InChI is InChI=1S/C14H19ClN2O/c1-10(11-4-3-5-12(15)8-11)16-9-14(18)17(2)13-6-7-13/h3-5,8,10,13,16H,6-7,9H2,1-2H3/t10-/m1/s1. The minimum atomic E-state index is 0.125. The number of hydrogen-bond acceptors (Lipinski definition) is 2. The molecule has 1 aromatic carbocycles. The Morgan fingerprint density at radius 1 is 1.56 bits per heavy atom. The average Bonchev–Trinajstić information content (AvgIpc) is 3.18. The summed E-state index contributed by atoms with van der Waals surface area (Å²) in [5, 5.41) is 3.96. The van der Waals surface area contributed by atoms with Crippen LogP contribution in [0.1, 0.15) is 31.4 Å². The summed E-state index contributed by atoms with van der Waals surface area (Å²) in [5.74, 6) is 0.159. The van der Waals surface area contributed by atoms with Crippen molar-refractivity contribution in [2.24, 2.45) is 0 Å². The van der Waals surface area contributed by atoms with Gasteiger partial charge in [0.05, 0.1) is 6.54 Å². The molecule has 0 spiro atoms. The largest absolute Gasteiger partial charge is 0.342 e. The molecule has 0 unspecified atom stereocenters. The van der Waals surface area contributed by atoms with Gasteiger partial charge in [0.15, 0.2) is 0 Å². The molecule has 1 amide bonds. The first-order valence-electron chi connectivity index (χ1n) is 6.32. The average molecular weight is 267 g/mol. The Bertz CT molecular complexity index is 432. The van der Waals surface area contributed by atoms with Gasteiger partial charge in [-0.1, -0.05) is 23.7 Å². The first kappa shape index (κ1) is 13.4. The van der Waals surface area contributed by atoms with Crippen molar-refractivity contribution in [2.45, 2.75) is 31.8 Å². The molecule has 0 aliphatic heterocycles. The highest BCUT2D eigenvalue weighted by molar-refractivity contribution is 6.30. The Balaban J connectivity index is 1.84. The molecule has 1 N–H and O–H groups in total. The summed E-state index contributed by atoms with van der Waals surface area (Å²) >= 11 is 5.95. The van der Waals surface area contributed by atoms with Crippen LogP contribution in [0.2, 0.25) is 5.02 Å². The Morgan fingerprint density at radius 3 is 2.89 bits per heavy atom. The van der Waals surface area contributed by atoms with E-state index in [9.17, 15) is 4.79 Å². The zero-order chi connectivity index (χ0) is 13.1. The molecule has 0 saturated heterocycles. The summed E-state index contributed by atoms with van der Waals surface area (Å²) in [4.78, 5) is 13.7. The van der Waals surface area contributed by atoms with Gasteiger partial charge < -0.3 is 10.2 Å². The van der Waals surface area contributed by atoms with E-state index in [1.165, 1.54) is 0 Å². The smallest absolute Gasteiger partial charge is 0.236 e. The third kappa shape index (κ3) is 3.47. The van der Waals surface area contributed by atoms with E-state index >= 15 is 0 Å². The summed E-state index contributed by atoms with van der Waals surface area (Å²) in [6.07, 6.45) is 2.29. The highest BCUT2D eigenvalue weighted by Crippen LogP contribution is 2.25. The van der Waals surface area contributed by atoms with Gasteiger partial charge in [-0.25, -0.2) is 0 Å². The van der Waals surface area contributed by atoms with Gasteiger partial charge in [-0.2, -0.15) is 0 Å². The third-order valence-corrected chi connectivity index (χ3v) is 3.63. The summed E-state index contributed by atoms with van der Waals surface area (Å²) in [5.41, 5.74) is 1.10. The molecule has 0 heterocycles. The first-order chi connectivity index (χ1) is 8.58. The van der Waals surface area contributed by atoms with E-state index < -0.39 is 0 Å². The number of nitrogens with zero attached hydrogens (tertiary/aromatic N) is 1. The zero-order valence-corrected chi connectivity index (χ0v) is 11.6. The maximum atomic E-state index is 11.9. The van der Waals surface area contributed by atoms with Crippen molar-refractivity contribution in [2.75, 3.05) is 13.6 Å². The topological polar surface area (TPSA) is 32.3 Å². The molecule has 98 valence electrons. The summed E-state index contributed by atoms with van der Waals surface area (Å²) in [6, 6.07) is 8.31. The SMILES string of the molecule is C[C@@H](NCC(=O)N(C)C1CC1)c1cccc(Cl)c1. The molecular formula is C14H19ClN2O. The van der Waals surface area contributed by atoms with E-state index in [2.05, 4.69) is 5.32 Å². The van der Waals surface area contributed by atoms with Crippen molar-refractivity contribution in [1.82, 2.24) is 10.2 Å². The van der Waals surface area contributed by atoms with Crippen LogP contribution >= 0.6 is 11.6 Å². The molecule has 1 atom stereocenters. The molecular weight excluding hydrogens is 248 g/mol. The number of rotatable bonds is 5. The van der Waals surface area contributed by atoms with Crippen LogP contribution in [0, 0.1) is 0 Å². The molecule has 0 bridgehead atoms. The zero-order valence-electron chi connectivity index (χ0n) is 10.8. The summed E-state index contributed by atoms with van der Waals surface area (Å²) < 4.78 is 0. The maximum Gasteiger partial charge on any atom is 0.236 e. The molecule has 2 rings (SSSR count). The van der Waals surface area contributed by atoms with Crippen LogP contribution in [-0.4, -0.2) is 30.4 Å². The number of carbonyl (C=O) groups is 1. The Labute approximate surface area is 113 Å². The van der Waals surface area contributed by atoms with E-state index in [-0.39, 0.29) is 11.9 Å². The van der Waals surface area contributed by atoms with Crippen LogP contribution in [0.15, 0.2) is 24.3 Å². The monoisotopic (exact) mass is 266 g/mol. The van der Waals surface area contributed by atoms with Gasteiger partial charge in [0.25, 0.3) is 0 Å². The van der Waals surface area contributed by atoms with Gasteiger partial charge in [-0.05, 0) is 37.5 Å². The van der Waals surface area contributed by atoms with Crippen LogP contribution in [-0.2, 0) is 4.79 Å². The van der Waals surface area contributed by atoms with E-state index in [1.807, 2.05) is 43.1 Å². The third-order valence-electron chi connectivity index (χ3n) is 3.40. The summed E-state index contributed by atoms with van der Waals surface area (Å²) in [6.45, 7) is 2.41. The fourth-order valence-corrected chi connectivity index (χ4v) is 2.12. The lowest BCUT2D eigenvalue weighted by Crippen LogP contribution is -2.37. The lowest BCUT2D eigenvalue weighted by Gasteiger charge is -2.19. The number of likely N-dealkylation sites (N-methyl/N-ethyl adjacent to an activating group) is 1. The number of hydrogen-bond donors (Lipinski definition) is 1. The predicted octanol–water partition coefficient (Wildman–Crippen LogP) is 2.61.